The van der Waals surface area contributed by atoms with Gasteiger partial charge in [0.05, 0.1) is 18.3 Å². The summed E-state index contributed by atoms with van der Waals surface area (Å²) < 4.78 is 5.15. The van der Waals surface area contributed by atoms with Crippen molar-refractivity contribution in [3.8, 4) is 5.75 Å². The highest BCUT2D eigenvalue weighted by Gasteiger charge is 2.10. The van der Waals surface area contributed by atoms with Gasteiger partial charge in [0.2, 0.25) is 0 Å². The number of benzene rings is 1. The molecule has 1 atom stereocenters. The summed E-state index contributed by atoms with van der Waals surface area (Å²) in [6.07, 6.45) is 0. The number of H-pyrrole nitrogens is 1. The molecule has 0 aliphatic heterocycles. The van der Waals surface area contributed by atoms with Crippen LogP contribution in [0.1, 0.15) is 18.7 Å². The zero-order valence-electron chi connectivity index (χ0n) is 9.16. The van der Waals surface area contributed by atoms with Crippen molar-refractivity contribution < 1.29 is 4.74 Å². The minimum atomic E-state index is 0.267. The van der Waals surface area contributed by atoms with Crippen LogP contribution < -0.4 is 10.1 Å². The number of hydrogen-bond acceptors (Lipinski definition) is 3. The van der Waals surface area contributed by atoms with Gasteiger partial charge in [0.1, 0.15) is 5.75 Å². The molecule has 0 radical (unpaired) electrons. The van der Waals surface area contributed by atoms with Crippen LogP contribution >= 0.6 is 0 Å². The fourth-order valence-electron chi connectivity index (χ4n) is 1.61. The van der Waals surface area contributed by atoms with E-state index >= 15 is 0 Å². The molecule has 0 amide bonds. The Kier molecular flexibility index (Phi) is 2.60. The molecule has 0 aliphatic carbocycles. The van der Waals surface area contributed by atoms with E-state index < -0.39 is 0 Å². The Morgan fingerprint density at radius 1 is 1.47 bits per heavy atom. The summed E-state index contributed by atoms with van der Waals surface area (Å²) in [6, 6.07) is 6.17. The standard InChI is InChI=1S/C11H15N3O/c1-7(12-2)11-9-5-4-8(15-3)6-10(9)13-14-11/h4-7,12H,1-3H3,(H,13,14). The lowest BCUT2D eigenvalue weighted by Gasteiger charge is -2.07. The third-order valence-electron chi connectivity index (χ3n) is 2.66. The van der Waals surface area contributed by atoms with Gasteiger partial charge in [-0.15, -0.1) is 0 Å². The monoisotopic (exact) mass is 205 g/mol. The molecule has 0 bridgehead atoms. The van der Waals surface area contributed by atoms with Crippen LogP contribution in [0.3, 0.4) is 0 Å². The molecule has 1 aromatic heterocycles. The number of hydrogen-bond donors (Lipinski definition) is 2. The molecule has 2 rings (SSSR count). The van der Waals surface area contributed by atoms with Crippen molar-refractivity contribution in [2.75, 3.05) is 14.2 Å². The largest absolute Gasteiger partial charge is 0.497 e. The molecule has 4 heteroatoms. The van der Waals surface area contributed by atoms with E-state index in [4.69, 9.17) is 4.74 Å². The molecule has 1 aromatic carbocycles. The summed E-state index contributed by atoms with van der Waals surface area (Å²) in [5, 5.41) is 11.6. The van der Waals surface area contributed by atoms with Crippen molar-refractivity contribution in [2.24, 2.45) is 0 Å². The second kappa shape index (κ2) is 3.90. The van der Waals surface area contributed by atoms with Gasteiger partial charge in [-0.2, -0.15) is 5.10 Å². The molecule has 4 nitrogen and oxygen atoms in total. The average Bonchev–Trinajstić information content (AvgIpc) is 2.70. The van der Waals surface area contributed by atoms with Gasteiger partial charge in [-0.25, -0.2) is 0 Å². The van der Waals surface area contributed by atoms with E-state index in [-0.39, 0.29) is 6.04 Å². The maximum absolute atomic E-state index is 5.15. The van der Waals surface area contributed by atoms with Crippen LogP contribution in [0.4, 0.5) is 0 Å². The molecule has 2 aromatic rings. The lowest BCUT2D eigenvalue weighted by molar-refractivity contribution is 0.415. The molecule has 1 unspecified atom stereocenters. The minimum Gasteiger partial charge on any atom is -0.497 e. The Morgan fingerprint density at radius 3 is 2.93 bits per heavy atom. The topological polar surface area (TPSA) is 49.9 Å². The lowest BCUT2D eigenvalue weighted by atomic mass is 10.1. The first kappa shape index (κ1) is 9.98. The third kappa shape index (κ3) is 1.68. The quantitative estimate of drug-likeness (QED) is 0.804. The predicted octanol–water partition coefficient (Wildman–Crippen LogP) is 1.85. The molecule has 2 N–H and O–H groups in total. The summed E-state index contributed by atoms with van der Waals surface area (Å²) >= 11 is 0. The van der Waals surface area contributed by atoms with Gasteiger partial charge in [0.15, 0.2) is 0 Å². The summed E-state index contributed by atoms with van der Waals surface area (Å²) in [5.41, 5.74) is 2.04. The first-order valence-electron chi connectivity index (χ1n) is 4.95. The fourth-order valence-corrected chi connectivity index (χ4v) is 1.61. The van der Waals surface area contributed by atoms with Crippen molar-refractivity contribution in [3.63, 3.8) is 0 Å². The highest BCUT2D eigenvalue weighted by molar-refractivity contribution is 5.83. The zero-order valence-corrected chi connectivity index (χ0v) is 9.16. The first-order chi connectivity index (χ1) is 7.26. The molecule has 0 saturated heterocycles. The normalized spacial score (nSPS) is 13.0. The first-order valence-corrected chi connectivity index (χ1v) is 4.95. The Labute approximate surface area is 88.6 Å². The fraction of sp³-hybridized carbons (Fsp3) is 0.364. The molecular formula is C11H15N3O. The Morgan fingerprint density at radius 2 is 2.27 bits per heavy atom. The Balaban J connectivity index is 2.52. The van der Waals surface area contributed by atoms with Crippen LogP contribution in [0.15, 0.2) is 18.2 Å². The molecule has 0 aliphatic rings. The van der Waals surface area contributed by atoms with E-state index in [1.165, 1.54) is 0 Å². The number of aromatic amines is 1. The molecule has 0 spiro atoms. The number of fused-ring (bicyclic) bond motifs is 1. The zero-order chi connectivity index (χ0) is 10.8. The molecule has 1 heterocycles. The number of ether oxygens (including phenoxy) is 1. The van der Waals surface area contributed by atoms with Crippen molar-refractivity contribution in [1.29, 1.82) is 0 Å². The average molecular weight is 205 g/mol. The van der Waals surface area contributed by atoms with Crippen molar-refractivity contribution in [3.05, 3.63) is 23.9 Å². The van der Waals surface area contributed by atoms with Gasteiger partial charge >= 0.3 is 0 Å². The van der Waals surface area contributed by atoms with Gasteiger partial charge in [0, 0.05) is 17.5 Å². The van der Waals surface area contributed by atoms with Gasteiger partial charge in [-0.05, 0) is 26.1 Å². The highest BCUT2D eigenvalue weighted by Crippen LogP contribution is 2.24. The van der Waals surface area contributed by atoms with Gasteiger partial charge in [0.25, 0.3) is 0 Å². The number of methoxy groups -OCH3 is 1. The van der Waals surface area contributed by atoms with Crippen molar-refractivity contribution in [2.45, 2.75) is 13.0 Å². The smallest absolute Gasteiger partial charge is 0.121 e. The summed E-state index contributed by atoms with van der Waals surface area (Å²) in [4.78, 5) is 0. The molecule has 80 valence electrons. The minimum absolute atomic E-state index is 0.267. The van der Waals surface area contributed by atoms with Crippen LogP contribution in [0.2, 0.25) is 0 Å². The number of nitrogens with one attached hydrogen (secondary N) is 2. The number of aromatic nitrogens is 2. The summed E-state index contributed by atoms with van der Waals surface area (Å²) in [7, 11) is 3.59. The van der Waals surface area contributed by atoms with Gasteiger partial charge in [-0.3, -0.25) is 5.10 Å². The van der Waals surface area contributed by atoms with E-state index in [1.807, 2.05) is 25.2 Å². The molecule has 0 saturated carbocycles. The summed E-state index contributed by atoms with van der Waals surface area (Å²) in [5.74, 6) is 0.831. The van der Waals surface area contributed by atoms with Gasteiger partial charge < -0.3 is 10.1 Å². The van der Waals surface area contributed by atoms with E-state index in [0.717, 1.165) is 22.3 Å². The second-order valence-corrected chi connectivity index (χ2v) is 3.53. The van der Waals surface area contributed by atoms with Crippen LogP contribution in [0.25, 0.3) is 10.9 Å². The summed E-state index contributed by atoms with van der Waals surface area (Å²) in [6.45, 7) is 2.09. The van der Waals surface area contributed by atoms with E-state index in [2.05, 4.69) is 22.4 Å². The van der Waals surface area contributed by atoms with Crippen molar-refractivity contribution >= 4 is 10.9 Å². The van der Waals surface area contributed by atoms with E-state index in [9.17, 15) is 0 Å². The molecular weight excluding hydrogens is 190 g/mol. The van der Waals surface area contributed by atoms with E-state index in [0.29, 0.717) is 0 Å². The van der Waals surface area contributed by atoms with Crippen LogP contribution in [0, 0.1) is 0 Å². The van der Waals surface area contributed by atoms with Gasteiger partial charge in [-0.1, -0.05) is 0 Å². The Bertz CT molecular complexity index is 464. The van der Waals surface area contributed by atoms with Crippen LogP contribution in [-0.2, 0) is 0 Å². The maximum Gasteiger partial charge on any atom is 0.121 e. The molecule has 0 fully saturated rings. The van der Waals surface area contributed by atoms with Crippen molar-refractivity contribution in [1.82, 2.24) is 15.5 Å². The number of rotatable bonds is 3. The van der Waals surface area contributed by atoms with Crippen LogP contribution in [0.5, 0.6) is 5.75 Å². The molecule has 15 heavy (non-hydrogen) atoms. The highest BCUT2D eigenvalue weighted by atomic mass is 16.5. The number of nitrogens with zero attached hydrogens (tertiary/aromatic N) is 1. The van der Waals surface area contributed by atoms with E-state index in [1.54, 1.807) is 7.11 Å². The SMILES string of the molecule is CNC(C)c1[nH]nc2cc(OC)ccc12. The van der Waals surface area contributed by atoms with Crippen LogP contribution in [-0.4, -0.2) is 24.4 Å². The third-order valence-corrected chi connectivity index (χ3v) is 2.66. The second-order valence-electron chi connectivity index (χ2n) is 3.53. The maximum atomic E-state index is 5.15. The predicted molar refractivity (Wildman–Crippen MR) is 60.1 cm³/mol. The Hall–Kier alpha value is -1.55. The lowest BCUT2D eigenvalue weighted by Crippen LogP contribution is -2.12.